The first-order valence-corrected chi connectivity index (χ1v) is 13.3. The number of likely N-dealkylation sites (tertiary alicyclic amines) is 1. The maximum Gasteiger partial charge on any atom is 0.414 e. The molecule has 2 aromatic rings. The van der Waals surface area contributed by atoms with Gasteiger partial charge in [0.05, 0.1) is 12.0 Å². The van der Waals surface area contributed by atoms with Gasteiger partial charge in [-0.15, -0.1) is 0 Å². The van der Waals surface area contributed by atoms with Crippen LogP contribution in [0.4, 0.5) is 4.79 Å². The fourth-order valence-electron chi connectivity index (χ4n) is 4.61. The lowest BCUT2D eigenvalue weighted by molar-refractivity contribution is -0.140. The smallest absolute Gasteiger partial charge is 0.414 e. The van der Waals surface area contributed by atoms with Crippen molar-refractivity contribution in [2.75, 3.05) is 13.1 Å². The first kappa shape index (κ1) is 29.3. The summed E-state index contributed by atoms with van der Waals surface area (Å²) in [6.07, 6.45) is 2.68. The molecule has 0 bridgehead atoms. The van der Waals surface area contributed by atoms with Crippen molar-refractivity contribution in [1.82, 2.24) is 15.5 Å². The van der Waals surface area contributed by atoms with E-state index in [0.29, 0.717) is 38.5 Å². The zero-order valence-electron chi connectivity index (χ0n) is 22.3. The average Bonchev–Trinajstić information content (AvgIpc) is 3.45. The molecule has 0 spiro atoms. The number of carbonyl (C=O) groups excluding carboxylic acids is 4. The molecular weight excluding hydrogens is 498 g/mol. The van der Waals surface area contributed by atoms with Crippen molar-refractivity contribution >= 4 is 30.2 Å². The number of nitrogens with two attached hydrogens (primary N) is 1. The molecule has 10 nitrogen and oxygen atoms in total. The number of amides is 3. The summed E-state index contributed by atoms with van der Waals surface area (Å²) >= 11 is 0. The molecule has 1 aliphatic heterocycles. The van der Waals surface area contributed by atoms with Crippen molar-refractivity contribution in [1.29, 1.82) is 0 Å². The van der Waals surface area contributed by atoms with Crippen LogP contribution in [-0.2, 0) is 25.7 Å². The summed E-state index contributed by atoms with van der Waals surface area (Å²) in [5.41, 5.74) is 7.51. The molecule has 3 atom stereocenters. The summed E-state index contributed by atoms with van der Waals surface area (Å²) in [7, 11) is 0. The summed E-state index contributed by atoms with van der Waals surface area (Å²) in [6, 6.07) is 17.5. The first-order chi connectivity index (χ1) is 18.9. The Morgan fingerprint density at radius 3 is 2.49 bits per heavy atom. The van der Waals surface area contributed by atoms with Crippen LogP contribution in [0.1, 0.15) is 56.1 Å². The van der Waals surface area contributed by atoms with E-state index in [4.69, 9.17) is 10.5 Å². The number of alkyl carbamates (subject to hydrolysis) is 1. The standard InChI is InChI=1S/C29H37N5O5/c1-2-24(22-13-7-4-8-14-22)27(37)34-18-10-16-25(34)26(36)32-23(19-35)15-9-17-31-28(30)33-29(38)39-20-21-11-5-3-6-12-21/h3-8,11-14,19,23-25H,2,9-10,15-18,20H2,1H3,(H,32,36)(H3,30,31,33,38)/t23-,24+,25-/m0/s1. The molecule has 1 fully saturated rings. The highest BCUT2D eigenvalue weighted by Crippen LogP contribution is 2.27. The number of carbonyl (C=O) groups is 4. The molecule has 1 heterocycles. The Bertz CT molecular complexity index is 1130. The molecule has 1 aliphatic rings. The predicted molar refractivity (Wildman–Crippen MR) is 148 cm³/mol. The number of ether oxygens (including phenoxy) is 1. The van der Waals surface area contributed by atoms with E-state index in [9.17, 15) is 19.2 Å². The van der Waals surface area contributed by atoms with E-state index in [0.717, 1.165) is 17.5 Å². The minimum Gasteiger partial charge on any atom is -0.444 e. The molecule has 0 unspecified atom stereocenters. The molecule has 4 N–H and O–H groups in total. The van der Waals surface area contributed by atoms with Gasteiger partial charge in [0.25, 0.3) is 0 Å². The van der Waals surface area contributed by atoms with Crippen LogP contribution < -0.4 is 16.4 Å². The van der Waals surface area contributed by atoms with Crippen molar-refractivity contribution in [3.05, 3.63) is 71.8 Å². The number of nitrogens with zero attached hydrogens (tertiary/aromatic N) is 2. The Labute approximate surface area is 229 Å². The van der Waals surface area contributed by atoms with Crippen LogP contribution in [-0.4, -0.2) is 60.2 Å². The molecule has 0 saturated carbocycles. The summed E-state index contributed by atoms with van der Waals surface area (Å²) in [4.78, 5) is 55.6. The third kappa shape index (κ3) is 8.94. The fourth-order valence-corrected chi connectivity index (χ4v) is 4.61. The molecule has 208 valence electrons. The second kappa shape index (κ2) is 15.3. The molecule has 10 heteroatoms. The number of aldehydes is 1. The van der Waals surface area contributed by atoms with Crippen molar-refractivity contribution in [3.8, 4) is 0 Å². The lowest BCUT2D eigenvalue weighted by Crippen LogP contribution is -2.50. The summed E-state index contributed by atoms with van der Waals surface area (Å²) in [6.45, 7) is 2.83. The van der Waals surface area contributed by atoms with Crippen molar-refractivity contribution in [2.45, 2.75) is 63.6 Å². The number of nitrogens with one attached hydrogen (secondary N) is 2. The SMILES string of the molecule is CC[C@@H](C(=O)N1CCC[C@H]1C(=O)N[C@H](C=O)CCCN=C(N)NC(=O)OCc1ccccc1)c1ccccc1. The van der Waals surface area contributed by atoms with Gasteiger partial charge >= 0.3 is 6.09 Å². The molecule has 3 amide bonds. The molecule has 2 aromatic carbocycles. The van der Waals surface area contributed by atoms with Gasteiger partial charge in [0, 0.05) is 13.1 Å². The van der Waals surface area contributed by atoms with Gasteiger partial charge in [-0.3, -0.25) is 19.9 Å². The fraction of sp³-hybridized carbons (Fsp3) is 0.414. The summed E-state index contributed by atoms with van der Waals surface area (Å²) < 4.78 is 5.09. The second-order valence-corrected chi connectivity index (χ2v) is 9.41. The monoisotopic (exact) mass is 535 g/mol. The average molecular weight is 536 g/mol. The number of rotatable bonds is 12. The lowest BCUT2D eigenvalue weighted by atomic mass is 9.94. The molecular formula is C29H37N5O5. The Hall–Kier alpha value is -4.21. The van der Waals surface area contributed by atoms with Crippen molar-refractivity contribution in [2.24, 2.45) is 10.7 Å². The normalized spacial score (nSPS) is 16.7. The van der Waals surface area contributed by atoms with E-state index in [-0.39, 0.29) is 36.8 Å². The number of hydrogen-bond acceptors (Lipinski definition) is 6. The molecule has 0 aliphatic carbocycles. The van der Waals surface area contributed by atoms with Gasteiger partial charge in [0.15, 0.2) is 5.96 Å². The number of benzene rings is 2. The highest BCUT2D eigenvalue weighted by Gasteiger charge is 2.37. The third-order valence-electron chi connectivity index (χ3n) is 6.64. The quantitative estimate of drug-likeness (QED) is 0.165. The Morgan fingerprint density at radius 2 is 1.82 bits per heavy atom. The van der Waals surface area contributed by atoms with Crippen LogP contribution in [0.5, 0.6) is 0 Å². The van der Waals surface area contributed by atoms with Crippen molar-refractivity contribution < 1.29 is 23.9 Å². The summed E-state index contributed by atoms with van der Waals surface area (Å²) in [5.74, 6) is -0.798. The molecule has 39 heavy (non-hydrogen) atoms. The number of guanidine groups is 1. The van der Waals surface area contributed by atoms with Crippen LogP contribution in [0.15, 0.2) is 65.7 Å². The van der Waals surface area contributed by atoms with E-state index in [1.54, 1.807) is 4.90 Å². The maximum atomic E-state index is 13.3. The van der Waals surface area contributed by atoms with Crippen LogP contribution in [0.25, 0.3) is 0 Å². The van der Waals surface area contributed by atoms with E-state index in [1.807, 2.05) is 67.6 Å². The van der Waals surface area contributed by atoms with E-state index in [1.165, 1.54) is 0 Å². The highest BCUT2D eigenvalue weighted by atomic mass is 16.5. The summed E-state index contributed by atoms with van der Waals surface area (Å²) in [5, 5.41) is 5.12. The molecule has 3 rings (SSSR count). The van der Waals surface area contributed by atoms with Gasteiger partial charge in [0.2, 0.25) is 11.8 Å². The van der Waals surface area contributed by atoms with Gasteiger partial charge in [-0.05, 0) is 43.2 Å². The van der Waals surface area contributed by atoms with E-state index < -0.39 is 18.2 Å². The Morgan fingerprint density at radius 1 is 1.13 bits per heavy atom. The lowest BCUT2D eigenvalue weighted by Gasteiger charge is -2.28. The molecule has 1 saturated heterocycles. The van der Waals surface area contributed by atoms with Gasteiger partial charge in [-0.2, -0.15) is 0 Å². The zero-order chi connectivity index (χ0) is 28.0. The Balaban J connectivity index is 1.43. The highest BCUT2D eigenvalue weighted by molar-refractivity contribution is 5.93. The van der Waals surface area contributed by atoms with Gasteiger partial charge in [-0.1, -0.05) is 67.6 Å². The van der Waals surface area contributed by atoms with Crippen LogP contribution >= 0.6 is 0 Å². The maximum absolute atomic E-state index is 13.3. The molecule has 0 radical (unpaired) electrons. The van der Waals surface area contributed by atoms with Gasteiger partial charge < -0.3 is 25.5 Å². The van der Waals surface area contributed by atoms with Gasteiger partial charge in [0.1, 0.15) is 18.9 Å². The van der Waals surface area contributed by atoms with Gasteiger partial charge in [-0.25, -0.2) is 4.79 Å². The van der Waals surface area contributed by atoms with Crippen molar-refractivity contribution in [3.63, 3.8) is 0 Å². The first-order valence-electron chi connectivity index (χ1n) is 13.3. The predicted octanol–water partition coefficient (Wildman–Crippen LogP) is 2.88. The number of hydrogen-bond donors (Lipinski definition) is 3. The molecule has 0 aromatic heterocycles. The largest absolute Gasteiger partial charge is 0.444 e. The second-order valence-electron chi connectivity index (χ2n) is 9.41. The van der Waals surface area contributed by atoms with E-state index in [2.05, 4.69) is 15.6 Å². The van der Waals surface area contributed by atoms with Crippen LogP contribution in [0, 0.1) is 0 Å². The third-order valence-corrected chi connectivity index (χ3v) is 6.64. The van der Waals surface area contributed by atoms with Crippen LogP contribution in [0.3, 0.4) is 0 Å². The number of aliphatic imine (C=N–C) groups is 1. The Kier molecular flexibility index (Phi) is 11.5. The van der Waals surface area contributed by atoms with Crippen LogP contribution in [0.2, 0.25) is 0 Å². The topological polar surface area (TPSA) is 143 Å². The zero-order valence-corrected chi connectivity index (χ0v) is 22.3. The minimum atomic E-state index is -0.716. The minimum absolute atomic E-state index is 0.0661. The van der Waals surface area contributed by atoms with E-state index >= 15 is 0 Å².